The lowest BCUT2D eigenvalue weighted by Crippen LogP contribution is -2.43. The topological polar surface area (TPSA) is 44.8 Å². The van der Waals surface area contributed by atoms with E-state index in [0.29, 0.717) is 12.6 Å². The molecular weight excluding hydrogens is 302 g/mol. The van der Waals surface area contributed by atoms with Crippen LogP contribution in [0.4, 0.5) is 4.79 Å². The first kappa shape index (κ1) is 18.6. The molecule has 0 bridgehead atoms. The number of ether oxygens (including phenoxy) is 1. The van der Waals surface area contributed by atoms with Gasteiger partial charge in [0.1, 0.15) is 5.75 Å². The summed E-state index contributed by atoms with van der Waals surface area (Å²) in [4.78, 5) is 16.6. The number of carbonyl (C=O) groups excluding carboxylic acids is 1. The van der Waals surface area contributed by atoms with Crippen molar-refractivity contribution in [2.45, 2.75) is 45.7 Å². The van der Waals surface area contributed by atoms with E-state index in [1.165, 1.54) is 11.1 Å². The van der Waals surface area contributed by atoms with E-state index < -0.39 is 0 Å². The minimum atomic E-state index is 0.0423. The van der Waals surface area contributed by atoms with Crippen molar-refractivity contribution in [1.29, 1.82) is 0 Å². The highest BCUT2D eigenvalue weighted by atomic mass is 16.5. The highest BCUT2D eigenvalue weighted by Crippen LogP contribution is 2.23. The Morgan fingerprint density at radius 3 is 2.83 bits per heavy atom. The van der Waals surface area contributed by atoms with Gasteiger partial charge in [0.15, 0.2) is 0 Å². The third-order valence-corrected chi connectivity index (χ3v) is 4.81. The molecule has 5 heteroatoms. The molecule has 1 aliphatic rings. The summed E-state index contributed by atoms with van der Waals surface area (Å²) >= 11 is 0. The fraction of sp³-hybridized carbons (Fsp3) is 0.632. The standard InChI is InChI=1S/C19H31N3O2/c1-15(2)21(3)11-6-5-10-20-19(23)22-12-9-16-7-8-18(24-4)13-17(16)14-22/h7-8,13,15H,5-6,9-12,14H2,1-4H3,(H,20,23). The Balaban J connectivity index is 1.73. The molecule has 0 aliphatic carbocycles. The number of nitrogens with zero attached hydrogens (tertiary/aromatic N) is 2. The molecule has 0 atom stereocenters. The number of nitrogens with one attached hydrogen (secondary N) is 1. The van der Waals surface area contributed by atoms with Crippen molar-refractivity contribution in [3.05, 3.63) is 29.3 Å². The van der Waals surface area contributed by atoms with Gasteiger partial charge in [-0.3, -0.25) is 0 Å². The SMILES string of the molecule is COc1ccc2c(c1)CN(C(=O)NCCCCN(C)C(C)C)CC2. The highest BCUT2D eigenvalue weighted by molar-refractivity contribution is 5.74. The number of carbonyl (C=O) groups is 1. The van der Waals surface area contributed by atoms with Crippen LogP contribution in [0.1, 0.15) is 37.8 Å². The number of urea groups is 1. The Hall–Kier alpha value is -1.75. The number of rotatable bonds is 7. The molecule has 2 amide bonds. The van der Waals surface area contributed by atoms with Gasteiger partial charge in [0.25, 0.3) is 0 Å². The van der Waals surface area contributed by atoms with Gasteiger partial charge in [-0.05, 0) is 70.0 Å². The number of unbranched alkanes of at least 4 members (excludes halogenated alkanes) is 1. The van der Waals surface area contributed by atoms with Crippen LogP contribution in [0.3, 0.4) is 0 Å². The van der Waals surface area contributed by atoms with E-state index in [-0.39, 0.29) is 6.03 Å². The van der Waals surface area contributed by atoms with Crippen LogP contribution in [-0.4, -0.2) is 55.7 Å². The zero-order valence-electron chi connectivity index (χ0n) is 15.5. The maximum atomic E-state index is 12.3. The summed E-state index contributed by atoms with van der Waals surface area (Å²) < 4.78 is 5.28. The number of methoxy groups -OCH3 is 1. The van der Waals surface area contributed by atoms with Gasteiger partial charge in [0, 0.05) is 25.7 Å². The minimum absolute atomic E-state index is 0.0423. The molecule has 0 spiro atoms. The van der Waals surface area contributed by atoms with E-state index in [4.69, 9.17) is 4.74 Å². The number of benzene rings is 1. The maximum Gasteiger partial charge on any atom is 0.317 e. The Morgan fingerprint density at radius 1 is 1.33 bits per heavy atom. The van der Waals surface area contributed by atoms with Crippen molar-refractivity contribution in [2.75, 3.05) is 33.8 Å². The van der Waals surface area contributed by atoms with E-state index in [9.17, 15) is 4.79 Å². The molecular formula is C19H31N3O2. The molecule has 2 rings (SSSR count). The summed E-state index contributed by atoms with van der Waals surface area (Å²) in [6.07, 6.45) is 3.03. The number of hydrogen-bond acceptors (Lipinski definition) is 3. The largest absolute Gasteiger partial charge is 0.497 e. The van der Waals surface area contributed by atoms with Crippen LogP contribution in [0.2, 0.25) is 0 Å². The maximum absolute atomic E-state index is 12.3. The summed E-state index contributed by atoms with van der Waals surface area (Å²) in [5.41, 5.74) is 2.51. The number of amides is 2. The van der Waals surface area contributed by atoms with Crippen LogP contribution >= 0.6 is 0 Å². The molecule has 1 aromatic carbocycles. The van der Waals surface area contributed by atoms with E-state index in [1.54, 1.807) is 7.11 Å². The molecule has 1 aromatic rings. The highest BCUT2D eigenvalue weighted by Gasteiger charge is 2.20. The summed E-state index contributed by atoms with van der Waals surface area (Å²) in [5, 5.41) is 3.05. The van der Waals surface area contributed by atoms with E-state index in [2.05, 4.69) is 37.2 Å². The van der Waals surface area contributed by atoms with Crippen LogP contribution < -0.4 is 10.1 Å². The van der Waals surface area contributed by atoms with Gasteiger partial charge < -0.3 is 19.9 Å². The van der Waals surface area contributed by atoms with Crippen molar-refractivity contribution < 1.29 is 9.53 Å². The Labute approximate surface area is 146 Å². The normalized spacial score (nSPS) is 14.0. The zero-order chi connectivity index (χ0) is 17.5. The molecule has 0 fully saturated rings. The lowest BCUT2D eigenvalue weighted by atomic mass is 10.00. The molecule has 0 unspecified atom stereocenters. The molecule has 24 heavy (non-hydrogen) atoms. The zero-order valence-corrected chi connectivity index (χ0v) is 15.5. The summed E-state index contributed by atoms with van der Waals surface area (Å²) in [7, 11) is 3.81. The van der Waals surface area contributed by atoms with Crippen LogP contribution in [0.25, 0.3) is 0 Å². The van der Waals surface area contributed by atoms with Crippen LogP contribution in [0.15, 0.2) is 18.2 Å². The van der Waals surface area contributed by atoms with E-state index in [0.717, 1.165) is 44.6 Å². The number of hydrogen-bond donors (Lipinski definition) is 1. The van der Waals surface area contributed by atoms with Crippen LogP contribution in [0, 0.1) is 0 Å². The third-order valence-electron chi connectivity index (χ3n) is 4.81. The van der Waals surface area contributed by atoms with Crippen molar-refractivity contribution >= 4 is 6.03 Å². The summed E-state index contributed by atoms with van der Waals surface area (Å²) in [6.45, 7) is 7.66. The Morgan fingerprint density at radius 2 is 2.12 bits per heavy atom. The third kappa shape index (κ3) is 5.13. The second-order valence-electron chi connectivity index (χ2n) is 6.82. The van der Waals surface area contributed by atoms with E-state index in [1.807, 2.05) is 17.0 Å². The quantitative estimate of drug-likeness (QED) is 0.781. The molecule has 1 N–H and O–H groups in total. The second kappa shape index (κ2) is 8.92. The first-order valence-electron chi connectivity index (χ1n) is 8.90. The molecule has 1 heterocycles. The first-order chi connectivity index (χ1) is 11.5. The van der Waals surface area contributed by atoms with Crippen molar-refractivity contribution in [3.8, 4) is 5.75 Å². The van der Waals surface area contributed by atoms with Gasteiger partial charge in [-0.25, -0.2) is 4.79 Å². The van der Waals surface area contributed by atoms with E-state index >= 15 is 0 Å². The first-order valence-corrected chi connectivity index (χ1v) is 8.90. The van der Waals surface area contributed by atoms with Gasteiger partial charge >= 0.3 is 6.03 Å². The average molecular weight is 333 g/mol. The lowest BCUT2D eigenvalue weighted by molar-refractivity contribution is 0.191. The summed E-state index contributed by atoms with van der Waals surface area (Å²) in [5.74, 6) is 0.852. The summed E-state index contributed by atoms with van der Waals surface area (Å²) in [6, 6.07) is 6.75. The lowest BCUT2D eigenvalue weighted by Gasteiger charge is -2.29. The fourth-order valence-corrected chi connectivity index (χ4v) is 2.89. The van der Waals surface area contributed by atoms with Crippen molar-refractivity contribution in [3.63, 3.8) is 0 Å². The smallest absolute Gasteiger partial charge is 0.317 e. The van der Waals surface area contributed by atoms with Gasteiger partial charge in [0.2, 0.25) is 0 Å². The van der Waals surface area contributed by atoms with Gasteiger partial charge in [-0.15, -0.1) is 0 Å². The van der Waals surface area contributed by atoms with Crippen LogP contribution in [0.5, 0.6) is 5.75 Å². The van der Waals surface area contributed by atoms with Gasteiger partial charge in [-0.2, -0.15) is 0 Å². The Bertz CT molecular complexity index is 545. The molecule has 5 nitrogen and oxygen atoms in total. The second-order valence-corrected chi connectivity index (χ2v) is 6.82. The number of fused-ring (bicyclic) bond motifs is 1. The Kier molecular flexibility index (Phi) is 6.91. The predicted octanol–water partition coefficient (Wildman–Crippen LogP) is 2.88. The molecule has 0 saturated heterocycles. The van der Waals surface area contributed by atoms with Gasteiger partial charge in [0.05, 0.1) is 7.11 Å². The monoisotopic (exact) mass is 333 g/mol. The predicted molar refractivity (Wildman–Crippen MR) is 97.5 cm³/mol. The molecule has 134 valence electrons. The molecule has 0 radical (unpaired) electrons. The minimum Gasteiger partial charge on any atom is -0.497 e. The van der Waals surface area contributed by atoms with Gasteiger partial charge in [-0.1, -0.05) is 6.07 Å². The van der Waals surface area contributed by atoms with Crippen molar-refractivity contribution in [1.82, 2.24) is 15.1 Å². The van der Waals surface area contributed by atoms with Crippen LogP contribution in [-0.2, 0) is 13.0 Å². The molecule has 0 aromatic heterocycles. The molecule has 0 saturated carbocycles. The average Bonchev–Trinajstić information content (AvgIpc) is 2.59. The fourth-order valence-electron chi connectivity index (χ4n) is 2.89. The molecule has 1 aliphatic heterocycles. The van der Waals surface area contributed by atoms with Crippen molar-refractivity contribution in [2.24, 2.45) is 0 Å².